The second-order valence-electron chi connectivity index (χ2n) is 3.57. The van der Waals surface area contributed by atoms with E-state index in [-0.39, 0.29) is 4.90 Å². The summed E-state index contributed by atoms with van der Waals surface area (Å²) in [5.41, 5.74) is 0.760. The minimum Gasteiger partial charge on any atom is -0.480 e. The van der Waals surface area contributed by atoms with Crippen LogP contribution in [0.2, 0.25) is 0 Å². The molecule has 0 saturated heterocycles. The first kappa shape index (κ1) is 14.1. The fourth-order valence-corrected chi connectivity index (χ4v) is 3.43. The smallest absolute Gasteiger partial charge is 0.321 e. The number of carboxylic acid groups (broad SMARTS) is 1. The van der Waals surface area contributed by atoms with Gasteiger partial charge >= 0.3 is 5.97 Å². The van der Waals surface area contributed by atoms with Gasteiger partial charge in [0.2, 0.25) is 10.0 Å². The molecule has 94 valence electrons. The molecule has 1 aromatic rings. The lowest BCUT2D eigenvalue weighted by Crippen LogP contribution is -2.38. The number of nitrogens with one attached hydrogen (secondary N) is 1. The maximum Gasteiger partial charge on any atom is 0.321 e. The zero-order chi connectivity index (χ0) is 13.2. The Hall–Kier alpha value is -0.920. The molecule has 0 fully saturated rings. The van der Waals surface area contributed by atoms with Crippen molar-refractivity contribution in [3.8, 4) is 0 Å². The number of halogens is 1. The van der Waals surface area contributed by atoms with Crippen LogP contribution in [0.5, 0.6) is 0 Å². The molecule has 1 rings (SSSR count). The first-order valence-electron chi connectivity index (χ1n) is 4.76. The highest BCUT2D eigenvalue weighted by molar-refractivity contribution is 9.10. The average Bonchev–Trinajstić information content (AvgIpc) is 2.21. The van der Waals surface area contributed by atoms with Crippen molar-refractivity contribution in [2.24, 2.45) is 0 Å². The Kier molecular flexibility index (Phi) is 4.29. The number of benzene rings is 1. The fourth-order valence-electron chi connectivity index (χ4n) is 1.17. The van der Waals surface area contributed by atoms with Crippen LogP contribution in [0.15, 0.2) is 27.6 Å². The number of carbonyl (C=O) groups is 1. The van der Waals surface area contributed by atoms with Crippen LogP contribution in [0.25, 0.3) is 0 Å². The summed E-state index contributed by atoms with van der Waals surface area (Å²) in [6, 6.07) is 3.59. The van der Waals surface area contributed by atoms with Gasteiger partial charge in [0.1, 0.15) is 6.04 Å². The van der Waals surface area contributed by atoms with E-state index in [0.29, 0.717) is 4.47 Å². The van der Waals surface area contributed by atoms with E-state index in [1.54, 1.807) is 19.1 Å². The quantitative estimate of drug-likeness (QED) is 0.880. The second kappa shape index (κ2) is 5.16. The van der Waals surface area contributed by atoms with Gasteiger partial charge in [-0.1, -0.05) is 12.1 Å². The van der Waals surface area contributed by atoms with Gasteiger partial charge in [0.15, 0.2) is 0 Å². The summed E-state index contributed by atoms with van der Waals surface area (Å²) >= 11 is 3.18. The Balaban J connectivity index is 3.14. The molecule has 0 spiro atoms. The summed E-state index contributed by atoms with van der Waals surface area (Å²) in [7, 11) is -3.84. The molecular formula is C10H12BrNO4S. The van der Waals surface area contributed by atoms with E-state index in [1.165, 1.54) is 13.0 Å². The Labute approximate surface area is 108 Å². The topological polar surface area (TPSA) is 83.5 Å². The van der Waals surface area contributed by atoms with E-state index in [4.69, 9.17) is 5.11 Å². The lowest BCUT2D eigenvalue weighted by atomic mass is 10.2. The van der Waals surface area contributed by atoms with Crippen molar-refractivity contribution in [1.82, 2.24) is 4.72 Å². The third-order valence-electron chi connectivity index (χ3n) is 2.15. The minimum atomic E-state index is -3.84. The monoisotopic (exact) mass is 321 g/mol. The molecule has 2 N–H and O–H groups in total. The van der Waals surface area contributed by atoms with Crippen molar-refractivity contribution in [2.45, 2.75) is 24.8 Å². The number of rotatable bonds is 4. The first-order chi connectivity index (χ1) is 7.75. The van der Waals surface area contributed by atoms with Gasteiger partial charge in [0.05, 0.1) is 4.90 Å². The van der Waals surface area contributed by atoms with Gasteiger partial charge in [-0.2, -0.15) is 4.72 Å². The maximum absolute atomic E-state index is 11.9. The molecule has 0 aliphatic carbocycles. The van der Waals surface area contributed by atoms with Crippen LogP contribution in [0, 0.1) is 6.92 Å². The van der Waals surface area contributed by atoms with Gasteiger partial charge in [-0.05, 0) is 41.4 Å². The van der Waals surface area contributed by atoms with Crippen molar-refractivity contribution in [1.29, 1.82) is 0 Å². The van der Waals surface area contributed by atoms with Crippen molar-refractivity contribution in [3.63, 3.8) is 0 Å². The predicted octanol–water partition coefficient (Wildman–Crippen LogP) is 1.51. The molecule has 1 aromatic carbocycles. The summed E-state index contributed by atoms with van der Waals surface area (Å²) < 4.78 is 26.3. The van der Waals surface area contributed by atoms with Crippen LogP contribution in [0.4, 0.5) is 0 Å². The van der Waals surface area contributed by atoms with Crippen LogP contribution < -0.4 is 4.72 Å². The van der Waals surface area contributed by atoms with Crippen LogP contribution in [0.3, 0.4) is 0 Å². The van der Waals surface area contributed by atoms with E-state index >= 15 is 0 Å². The van der Waals surface area contributed by atoms with Crippen LogP contribution in [-0.2, 0) is 14.8 Å². The van der Waals surface area contributed by atoms with Crippen LogP contribution >= 0.6 is 15.9 Å². The van der Waals surface area contributed by atoms with Crippen molar-refractivity contribution in [2.75, 3.05) is 0 Å². The number of aliphatic carboxylic acids is 1. The molecule has 0 aliphatic rings. The molecule has 5 nitrogen and oxygen atoms in total. The van der Waals surface area contributed by atoms with Crippen molar-refractivity contribution < 1.29 is 18.3 Å². The van der Waals surface area contributed by atoms with Crippen molar-refractivity contribution in [3.05, 3.63) is 28.2 Å². The molecule has 0 amide bonds. The Morgan fingerprint density at radius 1 is 1.47 bits per heavy atom. The fraction of sp³-hybridized carbons (Fsp3) is 0.300. The number of hydrogen-bond donors (Lipinski definition) is 2. The largest absolute Gasteiger partial charge is 0.480 e. The highest BCUT2D eigenvalue weighted by Gasteiger charge is 2.23. The highest BCUT2D eigenvalue weighted by Crippen LogP contribution is 2.25. The summed E-state index contributed by atoms with van der Waals surface area (Å²) in [5, 5.41) is 8.68. The van der Waals surface area contributed by atoms with Gasteiger partial charge < -0.3 is 5.11 Å². The first-order valence-corrected chi connectivity index (χ1v) is 7.03. The lowest BCUT2D eigenvalue weighted by molar-refractivity contribution is -0.138. The molecule has 7 heteroatoms. The second-order valence-corrected chi connectivity index (χ2v) is 6.04. The summed E-state index contributed by atoms with van der Waals surface area (Å²) in [6.45, 7) is 3.02. The van der Waals surface area contributed by atoms with Gasteiger partial charge in [-0.15, -0.1) is 0 Å². The number of carboxylic acids is 1. The highest BCUT2D eigenvalue weighted by atomic mass is 79.9. The van der Waals surface area contributed by atoms with E-state index in [0.717, 1.165) is 5.56 Å². The molecule has 0 aliphatic heterocycles. The SMILES string of the molecule is Cc1cccc(S(=O)(=O)N[C@H](C)C(=O)O)c1Br. The zero-order valence-electron chi connectivity index (χ0n) is 9.27. The molecule has 1 atom stereocenters. The molecule has 17 heavy (non-hydrogen) atoms. The number of aryl methyl sites for hydroxylation is 1. The van der Waals surface area contributed by atoms with E-state index in [1.807, 2.05) is 0 Å². The molecule has 0 radical (unpaired) electrons. The maximum atomic E-state index is 11.9. The normalized spacial score (nSPS) is 13.4. The van der Waals surface area contributed by atoms with Gasteiger partial charge in [-0.25, -0.2) is 8.42 Å². The molecule has 0 heterocycles. The van der Waals surface area contributed by atoms with Crippen LogP contribution in [0.1, 0.15) is 12.5 Å². The van der Waals surface area contributed by atoms with E-state index in [9.17, 15) is 13.2 Å². The molecule has 0 aromatic heterocycles. The van der Waals surface area contributed by atoms with Crippen molar-refractivity contribution >= 4 is 31.9 Å². The van der Waals surface area contributed by atoms with Gasteiger partial charge in [0.25, 0.3) is 0 Å². The predicted molar refractivity (Wildman–Crippen MR) is 66.3 cm³/mol. The standard InChI is InChI=1S/C10H12BrNO4S/c1-6-4-3-5-8(9(6)11)17(15,16)12-7(2)10(13)14/h3-5,7,12H,1-2H3,(H,13,14)/t7-/m1/s1. The van der Waals surface area contributed by atoms with Gasteiger partial charge in [0, 0.05) is 4.47 Å². The Morgan fingerprint density at radius 2 is 2.06 bits per heavy atom. The van der Waals surface area contributed by atoms with E-state index in [2.05, 4.69) is 20.7 Å². The molecule has 0 bridgehead atoms. The lowest BCUT2D eigenvalue weighted by Gasteiger charge is -2.12. The van der Waals surface area contributed by atoms with E-state index < -0.39 is 22.0 Å². The summed E-state index contributed by atoms with van der Waals surface area (Å²) in [4.78, 5) is 10.7. The summed E-state index contributed by atoms with van der Waals surface area (Å²) in [5.74, 6) is -1.22. The number of hydrogen-bond acceptors (Lipinski definition) is 3. The Morgan fingerprint density at radius 3 is 2.59 bits per heavy atom. The molecular weight excluding hydrogens is 310 g/mol. The zero-order valence-corrected chi connectivity index (χ0v) is 11.7. The summed E-state index contributed by atoms with van der Waals surface area (Å²) in [6.07, 6.45) is 0. The number of sulfonamides is 1. The van der Waals surface area contributed by atoms with Crippen LogP contribution in [-0.4, -0.2) is 25.5 Å². The van der Waals surface area contributed by atoms with Gasteiger partial charge in [-0.3, -0.25) is 4.79 Å². The molecule has 0 saturated carbocycles. The minimum absolute atomic E-state index is 0.0330. The third-order valence-corrected chi connectivity index (χ3v) is 5.05. The molecule has 0 unspecified atom stereocenters. The average molecular weight is 322 g/mol. The third kappa shape index (κ3) is 3.27. The Bertz CT molecular complexity index is 541.